The van der Waals surface area contributed by atoms with Gasteiger partial charge in [0.1, 0.15) is 21.7 Å². The lowest BCUT2D eigenvalue weighted by atomic mass is 9.85. The highest BCUT2D eigenvalue weighted by molar-refractivity contribution is 7.91. The van der Waals surface area contributed by atoms with Crippen LogP contribution in [0.25, 0.3) is 5.69 Å². The Balaban J connectivity index is 1.95. The number of aryl methyl sites for hydroxylation is 1. The number of carbonyl (C=O) groups excluding carboxylic acids is 1. The van der Waals surface area contributed by atoms with Crippen LogP contribution in [0.3, 0.4) is 0 Å². The van der Waals surface area contributed by atoms with Crippen molar-refractivity contribution in [2.24, 2.45) is 11.3 Å². The Labute approximate surface area is 240 Å². The van der Waals surface area contributed by atoms with Gasteiger partial charge in [-0.05, 0) is 55.7 Å². The van der Waals surface area contributed by atoms with Crippen LogP contribution < -0.4 is 10.1 Å². The average Bonchev–Trinajstić information content (AvgIpc) is 3.24. The zero-order chi connectivity index (χ0) is 31.7. The first-order valence-corrected chi connectivity index (χ1v) is 15.2. The first kappa shape index (κ1) is 33.2. The van der Waals surface area contributed by atoms with E-state index in [4.69, 9.17) is 0 Å². The Hall–Kier alpha value is -3.28. The standard InChI is InChI=1S/C27H32F6N4O4S/c1-5-22-36-23(24(38)35-15-16-6-9-18(10-7-16)42(4,39)40)20(14-34)37(22)19-11-8-17(12-21(19)41-27(31,32)33)13-25(2,3)26(28,29)30/h8,11-12,16,18H,5-7,9-10,13,15H2,1-4H3,(H,35,38)/t16-,18-. The maximum Gasteiger partial charge on any atom is 0.573 e. The Kier molecular flexibility index (Phi) is 9.61. The second-order valence-corrected chi connectivity index (χ2v) is 13.4. The molecule has 232 valence electrons. The Morgan fingerprint density at radius 2 is 1.76 bits per heavy atom. The normalized spacial score (nSPS) is 18.4. The first-order chi connectivity index (χ1) is 19.3. The zero-order valence-electron chi connectivity index (χ0n) is 23.5. The van der Waals surface area contributed by atoms with Gasteiger partial charge in [-0.25, -0.2) is 13.4 Å². The fourth-order valence-corrected chi connectivity index (χ4v) is 6.11. The number of nitriles is 1. The Morgan fingerprint density at radius 3 is 2.26 bits per heavy atom. The van der Waals surface area contributed by atoms with Crippen LogP contribution in [0.1, 0.15) is 74.0 Å². The number of carbonyl (C=O) groups is 1. The number of nitrogens with one attached hydrogen (secondary N) is 1. The summed E-state index contributed by atoms with van der Waals surface area (Å²) in [5, 5.41) is 12.2. The number of imidazole rings is 1. The molecule has 1 aromatic carbocycles. The minimum absolute atomic E-state index is 0.00880. The van der Waals surface area contributed by atoms with Crippen molar-refractivity contribution in [2.75, 3.05) is 12.8 Å². The quantitative estimate of drug-likeness (QED) is 0.361. The maximum absolute atomic E-state index is 13.4. The maximum atomic E-state index is 13.4. The molecule has 0 unspecified atom stereocenters. The molecule has 0 atom stereocenters. The fourth-order valence-electron chi connectivity index (χ4n) is 4.98. The van der Waals surface area contributed by atoms with E-state index in [1.807, 2.05) is 6.07 Å². The minimum atomic E-state index is -5.21. The van der Waals surface area contributed by atoms with E-state index in [9.17, 15) is 44.8 Å². The van der Waals surface area contributed by atoms with E-state index in [1.165, 1.54) is 12.3 Å². The van der Waals surface area contributed by atoms with E-state index in [-0.39, 0.29) is 47.3 Å². The van der Waals surface area contributed by atoms with Crippen LogP contribution in [-0.4, -0.2) is 54.5 Å². The van der Waals surface area contributed by atoms with Crippen LogP contribution in [0.4, 0.5) is 26.3 Å². The van der Waals surface area contributed by atoms with Crippen molar-refractivity contribution in [1.29, 1.82) is 5.26 Å². The number of rotatable bonds is 9. The van der Waals surface area contributed by atoms with Crippen molar-refractivity contribution in [1.82, 2.24) is 14.9 Å². The average molecular weight is 623 g/mol. The van der Waals surface area contributed by atoms with Crippen molar-refractivity contribution in [2.45, 2.75) is 77.1 Å². The second kappa shape index (κ2) is 12.1. The number of amides is 1. The van der Waals surface area contributed by atoms with E-state index >= 15 is 0 Å². The lowest BCUT2D eigenvalue weighted by Crippen LogP contribution is -2.34. The van der Waals surface area contributed by atoms with Crippen molar-refractivity contribution in [3.63, 3.8) is 0 Å². The third-order valence-corrected chi connectivity index (χ3v) is 9.12. The van der Waals surface area contributed by atoms with Crippen LogP contribution in [-0.2, 0) is 22.7 Å². The van der Waals surface area contributed by atoms with Crippen molar-refractivity contribution < 1.29 is 44.3 Å². The van der Waals surface area contributed by atoms with E-state index in [0.29, 0.717) is 25.7 Å². The Bertz CT molecular complexity index is 1450. The molecule has 1 heterocycles. The topological polar surface area (TPSA) is 114 Å². The second-order valence-electron chi connectivity index (χ2n) is 11.1. The molecule has 1 N–H and O–H groups in total. The molecule has 42 heavy (non-hydrogen) atoms. The molecule has 15 heteroatoms. The number of hydrogen-bond acceptors (Lipinski definition) is 6. The third-order valence-electron chi connectivity index (χ3n) is 7.44. The molecule has 0 radical (unpaired) electrons. The molecule has 0 bridgehead atoms. The van der Waals surface area contributed by atoms with Crippen molar-refractivity contribution in [3.8, 4) is 17.5 Å². The molecular formula is C27H32F6N4O4S. The number of benzene rings is 1. The summed E-state index contributed by atoms with van der Waals surface area (Å²) in [4.78, 5) is 17.3. The van der Waals surface area contributed by atoms with Gasteiger partial charge in [-0.1, -0.05) is 26.8 Å². The lowest BCUT2D eigenvalue weighted by molar-refractivity contribution is -0.274. The van der Waals surface area contributed by atoms with Gasteiger partial charge in [0.15, 0.2) is 17.1 Å². The monoisotopic (exact) mass is 622 g/mol. The van der Waals surface area contributed by atoms with Gasteiger partial charge in [0.2, 0.25) is 0 Å². The largest absolute Gasteiger partial charge is 0.573 e. The highest BCUT2D eigenvalue weighted by Gasteiger charge is 2.47. The number of aromatic nitrogens is 2. The van der Waals surface area contributed by atoms with E-state index in [1.54, 1.807) is 6.92 Å². The van der Waals surface area contributed by atoms with Gasteiger partial charge in [0.05, 0.1) is 16.4 Å². The van der Waals surface area contributed by atoms with Crippen molar-refractivity contribution in [3.05, 3.63) is 41.0 Å². The summed E-state index contributed by atoms with van der Waals surface area (Å²) in [5.41, 5.74) is -3.36. The van der Waals surface area contributed by atoms with Crippen LogP contribution >= 0.6 is 0 Å². The van der Waals surface area contributed by atoms with Gasteiger partial charge < -0.3 is 10.1 Å². The van der Waals surface area contributed by atoms with Crippen LogP contribution in [0.2, 0.25) is 0 Å². The molecule has 2 aromatic rings. The number of nitrogens with zero attached hydrogens (tertiary/aromatic N) is 3. The predicted octanol–water partition coefficient (Wildman–Crippen LogP) is 5.67. The van der Waals surface area contributed by atoms with Crippen LogP contribution in [0.15, 0.2) is 18.2 Å². The van der Waals surface area contributed by atoms with E-state index < -0.39 is 51.1 Å². The van der Waals surface area contributed by atoms with Gasteiger partial charge in [0.25, 0.3) is 5.91 Å². The van der Waals surface area contributed by atoms with Gasteiger partial charge in [-0.2, -0.15) is 18.4 Å². The molecule has 1 aliphatic rings. The summed E-state index contributed by atoms with van der Waals surface area (Å²) in [6.07, 6.45) is -7.16. The molecule has 0 aliphatic heterocycles. The third kappa shape index (κ3) is 7.76. The molecule has 1 saturated carbocycles. The smallest absolute Gasteiger partial charge is 0.404 e. The van der Waals surface area contributed by atoms with E-state index in [0.717, 1.165) is 30.5 Å². The molecule has 0 spiro atoms. The number of hydrogen-bond donors (Lipinski definition) is 1. The fraction of sp³-hybridized carbons (Fsp3) is 0.593. The summed E-state index contributed by atoms with van der Waals surface area (Å²) in [6, 6.07) is 4.96. The highest BCUT2D eigenvalue weighted by Crippen LogP contribution is 2.41. The Morgan fingerprint density at radius 1 is 1.14 bits per heavy atom. The zero-order valence-corrected chi connectivity index (χ0v) is 24.3. The molecule has 1 fully saturated rings. The highest BCUT2D eigenvalue weighted by atomic mass is 32.2. The molecule has 1 aromatic heterocycles. The number of sulfone groups is 1. The SMILES string of the molecule is CCc1nc(C(=O)NC[C@H]2CC[C@H](S(C)(=O)=O)CC2)c(C#N)n1-c1ccc(CC(C)(C)C(F)(F)F)cc1OC(F)(F)F. The number of alkyl halides is 6. The van der Waals surface area contributed by atoms with Crippen LogP contribution in [0.5, 0.6) is 5.75 Å². The summed E-state index contributed by atoms with van der Waals surface area (Å²) >= 11 is 0. The summed E-state index contributed by atoms with van der Waals surface area (Å²) in [7, 11) is -3.16. The summed E-state index contributed by atoms with van der Waals surface area (Å²) in [5.74, 6) is -1.55. The summed E-state index contributed by atoms with van der Waals surface area (Å²) in [6.45, 7) is 3.63. The number of halogens is 6. The van der Waals surface area contributed by atoms with Crippen molar-refractivity contribution >= 4 is 15.7 Å². The summed E-state index contributed by atoms with van der Waals surface area (Å²) < 4.78 is 109. The minimum Gasteiger partial charge on any atom is -0.404 e. The lowest BCUT2D eigenvalue weighted by Gasteiger charge is -2.28. The predicted molar refractivity (Wildman–Crippen MR) is 141 cm³/mol. The molecule has 1 aliphatic carbocycles. The van der Waals surface area contributed by atoms with Gasteiger partial charge >= 0.3 is 12.5 Å². The van der Waals surface area contributed by atoms with Gasteiger partial charge in [-0.15, -0.1) is 13.2 Å². The van der Waals surface area contributed by atoms with Gasteiger partial charge in [-0.3, -0.25) is 9.36 Å². The molecule has 0 saturated heterocycles. The van der Waals surface area contributed by atoms with Gasteiger partial charge in [0, 0.05) is 19.2 Å². The van der Waals surface area contributed by atoms with E-state index in [2.05, 4.69) is 15.0 Å². The molecular weight excluding hydrogens is 590 g/mol. The molecule has 3 rings (SSSR count). The molecule has 8 nitrogen and oxygen atoms in total. The molecule has 1 amide bonds. The first-order valence-electron chi connectivity index (χ1n) is 13.2. The number of ether oxygens (including phenoxy) is 1. The van der Waals surface area contributed by atoms with Crippen LogP contribution in [0, 0.1) is 22.7 Å².